The number of halogens is 1. The Morgan fingerprint density at radius 1 is 1.67 bits per heavy atom. The standard InChI is InChI=1S/C13H18ClN3O/c1-3-9-5-4-6-17(9)13(18)10-7-12(15-2)16-8-11(10)14/h7-9H,3-6H2,1-2H3,(H,15,16). The number of hydrogen-bond donors (Lipinski definition) is 1. The maximum absolute atomic E-state index is 12.5. The maximum Gasteiger partial charge on any atom is 0.255 e. The van der Waals surface area contributed by atoms with E-state index < -0.39 is 0 Å². The number of amides is 1. The molecule has 1 aromatic rings. The lowest BCUT2D eigenvalue weighted by Crippen LogP contribution is -2.35. The van der Waals surface area contributed by atoms with Crippen LogP contribution < -0.4 is 5.32 Å². The average molecular weight is 268 g/mol. The summed E-state index contributed by atoms with van der Waals surface area (Å²) in [4.78, 5) is 18.5. The molecule has 98 valence electrons. The van der Waals surface area contributed by atoms with E-state index >= 15 is 0 Å². The zero-order valence-corrected chi connectivity index (χ0v) is 11.5. The Kier molecular flexibility index (Phi) is 4.07. The smallest absolute Gasteiger partial charge is 0.255 e. The van der Waals surface area contributed by atoms with Gasteiger partial charge in [0, 0.05) is 25.8 Å². The lowest BCUT2D eigenvalue weighted by atomic mass is 10.1. The zero-order chi connectivity index (χ0) is 13.1. The van der Waals surface area contributed by atoms with E-state index in [1.165, 1.54) is 6.20 Å². The number of aromatic nitrogens is 1. The van der Waals surface area contributed by atoms with Gasteiger partial charge in [0.1, 0.15) is 5.82 Å². The lowest BCUT2D eigenvalue weighted by Gasteiger charge is -2.24. The summed E-state index contributed by atoms with van der Waals surface area (Å²) in [5.41, 5.74) is 0.538. The van der Waals surface area contributed by atoms with E-state index in [1.54, 1.807) is 13.1 Å². The summed E-state index contributed by atoms with van der Waals surface area (Å²) in [5, 5.41) is 3.34. The molecule has 1 unspecified atom stereocenters. The maximum atomic E-state index is 12.5. The highest BCUT2D eigenvalue weighted by Crippen LogP contribution is 2.26. The Morgan fingerprint density at radius 2 is 2.44 bits per heavy atom. The first kappa shape index (κ1) is 13.1. The third-order valence-electron chi connectivity index (χ3n) is 3.45. The van der Waals surface area contributed by atoms with E-state index in [-0.39, 0.29) is 5.91 Å². The molecule has 1 N–H and O–H groups in total. The van der Waals surface area contributed by atoms with Crippen LogP contribution >= 0.6 is 11.6 Å². The Hall–Kier alpha value is -1.29. The van der Waals surface area contributed by atoms with Crippen LogP contribution in [0, 0.1) is 0 Å². The average Bonchev–Trinajstić information content (AvgIpc) is 2.86. The van der Waals surface area contributed by atoms with Crippen molar-refractivity contribution in [1.82, 2.24) is 9.88 Å². The van der Waals surface area contributed by atoms with Crippen LogP contribution in [0.15, 0.2) is 12.3 Å². The topological polar surface area (TPSA) is 45.2 Å². The number of pyridine rings is 1. The van der Waals surface area contributed by atoms with Crippen LogP contribution in [0.4, 0.5) is 5.82 Å². The molecule has 1 aliphatic heterocycles. The predicted octanol–water partition coefficient (Wildman–Crippen LogP) is 2.79. The van der Waals surface area contributed by atoms with Gasteiger partial charge in [-0.2, -0.15) is 0 Å². The van der Waals surface area contributed by atoms with Gasteiger partial charge in [-0.3, -0.25) is 4.79 Å². The quantitative estimate of drug-likeness (QED) is 0.916. The summed E-state index contributed by atoms with van der Waals surface area (Å²) in [5.74, 6) is 0.679. The number of likely N-dealkylation sites (tertiary alicyclic amines) is 1. The summed E-state index contributed by atoms with van der Waals surface area (Å²) in [6.45, 7) is 2.94. The first-order chi connectivity index (χ1) is 8.67. The van der Waals surface area contributed by atoms with E-state index in [9.17, 15) is 4.79 Å². The third kappa shape index (κ3) is 2.43. The summed E-state index contributed by atoms with van der Waals surface area (Å²) in [6, 6.07) is 2.06. The second-order valence-electron chi connectivity index (χ2n) is 4.50. The number of nitrogens with zero attached hydrogens (tertiary/aromatic N) is 2. The van der Waals surface area contributed by atoms with E-state index in [4.69, 9.17) is 11.6 Å². The van der Waals surface area contributed by atoms with E-state index in [0.29, 0.717) is 22.4 Å². The number of rotatable bonds is 3. The molecule has 0 aromatic carbocycles. The molecule has 1 atom stereocenters. The molecule has 2 heterocycles. The molecule has 1 fully saturated rings. The Bertz CT molecular complexity index is 450. The third-order valence-corrected chi connectivity index (χ3v) is 3.75. The number of carbonyl (C=O) groups is 1. The van der Waals surface area contributed by atoms with Crippen molar-refractivity contribution >= 4 is 23.3 Å². The summed E-state index contributed by atoms with van der Waals surface area (Å²) in [6.07, 6.45) is 4.68. The van der Waals surface area contributed by atoms with E-state index in [1.807, 2.05) is 4.90 Å². The molecule has 5 heteroatoms. The second kappa shape index (κ2) is 5.57. The van der Waals surface area contributed by atoms with Gasteiger partial charge >= 0.3 is 0 Å². The normalized spacial score (nSPS) is 19.1. The molecular weight excluding hydrogens is 250 g/mol. The van der Waals surface area contributed by atoms with Crippen LogP contribution in [0.2, 0.25) is 5.02 Å². The number of hydrogen-bond acceptors (Lipinski definition) is 3. The lowest BCUT2D eigenvalue weighted by molar-refractivity contribution is 0.0734. The van der Waals surface area contributed by atoms with E-state index in [0.717, 1.165) is 25.8 Å². The highest BCUT2D eigenvalue weighted by molar-refractivity contribution is 6.33. The van der Waals surface area contributed by atoms with Gasteiger partial charge in [0.25, 0.3) is 5.91 Å². The fraction of sp³-hybridized carbons (Fsp3) is 0.538. The molecule has 0 aliphatic carbocycles. The van der Waals surface area contributed by atoms with Crippen molar-refractivity contribution in [2.45, 2.75) is 32.2 Å². The van der Waals surface area contributed by atoms with Crippen molar-refractivity contribution < 1.29 is 4.79 Å². The van der Waals surface area contributed by atoms with Crippen LogP contribution in [0.5, 0.6) is 0 Å². The minimum Gasteiger partial charge on any atom is -0.373 e. The Labute approximate surface area is 112 Å². The highest BCUT2D eigenvalue weighted by atomic mass is 35.5. The van der Waals surface area contributed by atoms with Gasteiger partial charge in [-0.1, -0.05) is 18.5 Å². The van der Waals surface area contributed by atoms with Gasteiger partial charge in [-0.05, 0) is 25.3 Å². The molecule has 4 nitrogen and oxygen atoms in total. The molecule has 0 spiro atoms. The fourth-order valence-corrected chi connectivity index (χ4v) is 2.61. The number of anilines is 1. The number of carbonyl (C=O) groups excluding carboxylic acids is 1. The van der Waals surface area contributed by atoms with Gasteiger partial charge in [-0.25, -0.2) is 4.98 Å². The molecule has 18 heavy (non-hydrogen) atoms. The monoisotopic (exact) mass is 267 g/mol. The summed E-state index contributed by atoms with van der Waals surface area (Å²) < 4.78 is 0. The van der Waals surface area contributed by atoms with Gasteiger partial charge in [0.15, 0.2) is 0 Å². The summed E-state index contributed by atoms with van der Waals surface area (Å²) >= 11 is 6.08. The first-order valence-corrected chi connectivity index (χ1v) is 6.69. The van der Waals surface area contributed by atoms with E-state index in [2.05, 4.69) is 17.2 Å². The van der Waals surface area contributed by atoms with Crippen LogP contribution in [-0.4, -0.2) is 35.4 Å². The second-order valence-corrected chi connectivity index (χ2v) is 4.91. The molecule has 1 aliphatic rings. The minimum atomic E-state index is 0.0169. The SMILES string of the molecule is CCC1CCCN1C(=O)c1cc(NC)ncc1Cl. The molecule has 1 saturated heterocycles. The van der Waals surface area contributed by atoms with Gasteiger partial charge in [0.2, 0.25) is 0 Å². The van der Waals surface area contributed by atoms with Crippen molar-refractivity contribution in [3.63, 3.8) is 0 Å². The zero-order valence-electron chi connectivity index (χ0n) is 10.7. The predicted molar refractivity (Wildman–Crippen MR) is 73.1 cm³/mol. The van der Waals surface area contributed by atoms with Crippen molar-refractivity contribution in [2.75, 3.05) is 18.9 Å². The fourth-order valence-electron chi connectivity index (χ4n) is 2.42. The van der Waals surface area contributed by atoms with Crippen molar-refractivity contribution in [3.8, 4) is 0 Å². The largest absolute Gasteiger partial charge is 0.373 e. The Morgan fingerprint density at radius 3 is 3.11 bits per heavy atom. The molecule has 0 saturated carbocycles. The van der Waals surface area contributed by atoms with Crippen molar-refractivity contribution in [3.05, 3.63) is 22.8 Å². The van der Waals surface area contributed by atoms with Crippen molar-refractivity contribution in [2.24, 2.45) is 0 Å². The molecule has 2 rings (SSSR count). The van der Waals surface area contributed by atoms with Gasteiger partial charge in [-0.15, -0.1) is 0 Å². The van der Waals surface area contributed by atoms with Gasteiger partial charge < -0.3 is 10.2 Å². The number of nitrogens with one attached hydrogen (secondary N) is 1. The molecular formula is C13H18ClN3O. The van der Waals surface area contributed by atoms with Crippen LogP contribution in [0.1, 0.15) is 36.5 Å². The molecule has 0 radical (unpaired) electrons. The Balaban J connectivity index is 2.27. The van der Waals surface area contributed by atoms with Crippen LogP contribution in [0.25, 0.3) is 0 Å². The summed E-state index contributed by atoms with van der Waals surface area (Å²) in [7, 11) is 1.77. The highest BCUT2D eigenvalue weighted by Gasteiger charge is 2.29. The van der Waals surface area contributed by atoms with Gasteiger partial charge in [0.05, 0.1) is 10.6 Å². The van der Waals surface area contributed by atoms with Crippen LogP contribution in [0.3, 0.4) is 0 Å². The minimum absolute atomic E-state index is 0.0169. The molecule has 1 aromatic heterocycles. The van der Waals surface area contributed by atoms with Crippen LogP contribution in [-0.2, 0) is 0 Å². The first-order valence-electron chi connectivity index (χ1n) is 6.31. The van der Waals surface area contributed by atoms with Crippen molar-refractivity contribution in [1.29, 1.82) is 0 Å². The molecule has 1 amide bonds. The molecule has 0 bridgehead atoms.